The van der Waals surface area contributed by atoms with E-state index in [0.717, 1.165) is 0 Å². The second-order valence-electron chi connectivity index (χ2n) is 3.68. The second kappa shape index (κ2) is 5.34. The fourth-order valence-electron chi connectivity index (χ4n) is 1.48. The van der Waals surface area contributed by atoms with E-state index < -0.39 is 4.92 Å². The summed E-state index contributed by atoms with van der Waals surface area (Å²) in [6.45, 7) is 0.307. The largest absolute Gasteiger partial charge is 0.469 e. The van der Waals surface area contributed by atoms with Crippen LogP contribution in [0.3, 0.4) is 0 Å². The maximum absolute atomic E-state index is 10.9. The average molecular weight is 265 g/mol. The van der Waals surface area contributed by atoms with Gasteiger partial charge in [0, 0.05) is 18.7 Å². The van der Waals surface area contributed by atoms with E-state index >= 15 is 0 Å². The number of nitrogens with zero attached hydrogens (tertiary/aromatic N) is 2. The fraction of sp³-hybridized carbons (Fsp3) is 0.273. The summed E-state index contributed by atoms with van der Waals surface area (Å²) < 4.78 is 9.81. The van der Waals surface area contributed by atoms with E-state index in [0.29, 0.717) is 17.6 Å². The normalized spacial score (nSPS) is 10.4. The van der Waals surface area contributed by atoms with Gasteiger partial charge in [0.05, 0.1) is 18.5 Å². The van der Waals surface area contributed by atoms with Gasteiger partial charge in [-0.2, -0.15) is 4.98 Å². The van der Waals surface area contributed by atoms with Crippen molar-refractivity contribution in [2.45, 2.75) is 6.42 Å². The van der Waals surface area contributed by atoms with Crippen LogP contribution in [0, 0.1) is 10.1 Å². The molecule has 8 nitrogen and oxygen atoms in total. The molecular weight excluding hydrogens is 254 g/mol. The summed E-state index contributed by atoms with van der Waals surface area (Å²) in [5, 5.41) is 13.4. The number of rotatable bonds is 5. The third-order valence-electron chi connectivity index (χ3n) is 2.41. The predicted octanol–water partition coefficient (Wildman–Crippen LogP) is 1.71. The Labute approximate surface area is 107 Å². The summed E-state index contributed by atoms with van der Waals surface area (Å²) in [5.41, 5.74) is 0.767. The number of oxazole rings is 1. The number of benzene rings is 1. The van der Waals surface area contributed by atoms with Gasteiger partial charge in [0.25, 0.3) is 11.7 Å². The number of fused-ring (bicyclic) bond motifs is 1. The molecule has 0 saturated carbocycles. The first-order valence-electron chi connectivity index (χ1n) is 5.46. The van der Waals surface area contributed by atoms with Crippen LogP contribution in [0.1, 0.15) is 6.42 Å². The number of carbonyl (C=O) groups is 1. The maximum atomic E-state index is 10.9. The van der Waals surface area contributed by atoms with Crippen molar-refractivity contribution in [3.8, 4) is 0 Å². The maximum Gasteiger partial charge on any atom is 0.307 e. The number of nitro benzene ring substituents is 1. The van der Waals surface area contributed by atoms with Gasteiger partial charge in [-0.25, -0.2) is 0 Å². The molecule has 1 heterocycles. The minimum absolute atomic E-state index is 0.0538. The first-order chi connectivity index (χ1) is 9.10. The van der Waals surface area contributed by atoms with E-state index in [9.17, 15) is 14.9 Å². The number of non-ortho nitro benzene ring substituents is 1. The Morgan fingerprint density at radius 3 is 3.05 bits per heavy atom. The summed E-state index contributed by atoms with van der Waals surface area (Å²) in [4.78, 5) is 25.1. The van der Waals surface area contributed by atoms with Crippen LogP contribution >= 0.6 is 0 Å². The van der Waals surface area contributed by atoms with E-state index in [4.69, 9.17) is 4.42 Å². The van der Waals surface area contributed by atoms with Crippen LogP contribution in [0.25, 0.3) is 11.1 Å². The van der Waals surface area contributed by atoms with Crippen LogP contribution in [-0.4, -0.2) is 29.5 Å². The molecular formula is C11H11N3O5. The van der Waals surface area contributed by atoms with Crippen LogP contribution in [0.4, 0.5) is 11.7 Å². The Morgan fingerprint density at radius 1 is 1.58 bits per heavy atom. The van der Waals surface area contributed by atoms with Gasteiger partial charge >= 0.3 is 5.97 Å². The second-order valence-corrected chi connectivity index (χ2v) is 3.68. The topological polar surface area (TPSA) is 108 Å². The average Bonchev–Trinajstić information content (AvgIpc) is 2.79. The summed E-state index contributed by atoms with van der Waals surface area (Å²) in [5.74, 6) is -0.348. The van der Waals surface area contributed by atoms with Crippen molar-refractivity contribution in [3.63, 3.8) is 0 Å². The molecule has 0 atom stereocenters. The summed E-state index contributed by atoms with van der Waals surface area (Å²) in [7, 11) is 1.31. The molecule has 1 aromatic carbocycles. The molecule has 100 valence electrons. The highest BCUT2D eigenvalue weighted by Crippen LogP contribution is 2.23. The molecule has 0 fully saturated rings. The molecule has 0 amide bonds. The van der Waals surface area contributed by atoms with E-state index in [1.807, 2.05) is 0 Å². The molecule has 0 saturated heterocycles. The van der Waals surface area contributed by atoms with Crippen molar-refractivity contribution in [1.82, 2.24) is 4.98 Å². The molecule has 0 spiro atoms. The van der Waals surface area contributed by atoms with Crippen molar-refractivity contribution in [2.24, 2.45) is 0 Å². The zero-order valence-corrected chi connectivity index (χ0v) is 10.1. The SMILES string of the molecule is COC(=O)CCNc1nc2cc([N+](=O)[O-])ccc2o1. The van der Waals surface area contributed by atoms with E-state index in [-0.39, 0.29) is 24.1 Å². The molecule has 0 radical (unpaired) electrons. The van der Waals surface area contributed by atoms with E-state index in [1.165, 1.54) is 25.3 Å². The van der Waals surface area contributed by atoms with Crippen molar-refractivity contribution < 1.29 is 18.9 Å². The monoisotopic (exact) mass is 265 g/mol. The highest BCUT2D eigenvalue weighted by molar-refractivity contribution is 5.77. The molecule has 19 heavy (non-hydrogen) atoms. The number of ether oxygens (including phenoxy) is 1. The first-order valence-corrected chi connectivity index (χ1v) is 5.46. The van der Waals surface area contributed by atoms with Crippen molar-refractivity contribution in [2.75, 3.05) is 19.0 Å². The van der Waals surface area contributed by atoms with E-state index in [1.54, 1.807) is 0 Å². The summed E-state index contributed by atoms with van der Waals surface area (Å²) >= 11 is 0. The van der Waals surface area contributed by atoms with Crippen LogP contribution in [0.2, 0.25) is 0 Å². The smallest absolute Gasteiger partial charge is 0.307 e. The van der Waals surface area contributed by atoms with Crippen molar-refractivity contribution in [1.29, 1.82) is 0 Å². The number of hydrogen-bond acceptors (Lipinski definition) is 7. The number of hydrogen-bond donors (Lipinski definition) is 1. The van der Waals surface area contributed by atoms with Gasteiger partial charge < -0.3 is 14.5 Å². The van der Waals surface area contributed by atoms with Gasteiger partial charge in [-0.05, 0) is 6.07 Å². The van der Waals surface area contributed by atoms with Crippen LogP contribution < -0.4 is 5.32 Å². The molecule has 1 N–H and O–H groups in total. The minimum atomic E-state index is -0.502. The number of nitrogens with one attached hydrogen (secondary N) is 1. The van der Waals surface area contributed by atoms with Gasteiger partial charge in [0.1, 0.15) is 5.52 Å². The lowest BCUT2D eigenvalue weighted by Crippen LogP contribution is -2.09. The quantitative estimate of drug-likeness (QED) is 0.498. The lowest BCUT2D eigenvalue weighted by atomic mass is 10.3. The Balaban J connectivity index is 2.09. The van der Waals surface area contributed by atoms with Gasteiger partial charge in [0.15, 0.2) is 5.58 Å². The van der Waals surface area contributed by atoms with Gasteiger partial charge in [-0.1, -0.05) is 0 Å². The fourth-order valence-corrected chi connectivity index (χ4v) is 1.48. The zero-order valence-electron chi connectivity index (χ0n) is 10.1. The highest BCUT2D eigenvalue weighted by Gasteiger charge is 2.11. The Morgan fingerprint density at radius 2 is 2.37 bits per heavy atom. The van der Waals surface area contributed by atoms with Crippen LogP contribution in [0.5, 0.6) is 0 Å². The molecule has 2 aromatic rings. The summed E-state index contributed by atoms with van der Waals surface area (Å²) in [6.07, 6.45) is 0.176. The number of esters is 1. The molecule has 8 heteroatoms. The molecule has 0 aliphatic rings. The highest BCUT2D eigenvalue weighted by atomic mass is 16.6. The van der Waals surface area contributed by atoms with Crippen LogP contribution in [-0.2, 0) is 9.53 Å². The molecule has 0 aliphatic carbocycles. The van der Waals surface area contributed by atoms with Gasteiger partial charge in [-0.3, -0.25) is 14.9 Å². The summed E-state index contributed by atoms with van der Waals surface area (Å²) in [6, 6.07) is 4.35. The number of nitro groups is 1. The number of methoxy groups -OCH3 is 1. The number of aromatic nitrogens is 1. The Bertz CT molecular complexity index is 622. The third kappa shape index (κ3) is 2.97. The zero-order chi connectivity index (χ0) is 13.8. The first kappa shape index (κ1) is 12.8. The molecule has 0 aliphatic heterocycles. The van der Waals surface area contributed by atoms with Crippen molar-refractivity contribution >= 4 is 28.8 Å². The molecule has 1 aromatic heterocycles. The third-order valence-corrected chi connectivity index (χ3v) is 2.41. The van der Waals surface area contributed by atoms with Gasteiger partial charge in [-0.15, -0.1) is 0 Å². The van der Waals surface area contributed by atoms with E-state index in [2.05, 4.69) is 15.0 Å². The lowest BCUT2D eigenvalue weighted by molar-refractivity contribution is -0.384. The number of anilines is 1. The molecule has 0 bridgehead atoms. The minimum Gasteiger partial charge on any atom is -0.469 e. The lowest BCUT2D eigenvalue weighted by Gasteiger charge is -1.99. The van der Waals surface area contributed by atoms with Crippen molar-refractivity contribution in [3.05, 3.63) is 28.3 Å². The standard InChI is InChI=1S/C11H11N3O5/c1-18-10(15)4-5-12-11-13-8-6-7(14(16)17)2-3-9(8)19-11/h2-3,6H,4-5H2,1H3,(H,12,13). The van der Waals surface area contributed by atoms with Crippen LogP contribution in [0.15, 0.2) is 22.6 Å². The molecule has 2 rings (SSSR count). The Hall–Kier alpha value is -2.64. The Kier molecular flexibility index (Phi) is 3.60. The molecule has 0 unspecified atom stereocenters. The number of carbonyl (C=O) groups excluding carboxylic acids is 1. The van der Waals surface area contributed by atoms with Gasteiger partial charge in [0.2, 0.25) is 0 Å². The predicted molar refractivity (Wildman–Crippen MR) is 65.8 cm³/mol.